The van der Waals surface area contributed by atoms with E-state index in [-0.39, 0.29) is 23.6 Å². The standard InChI is InChI=1S/C30H33FN2O2S2/c1-21-6-2-7-23(16-21)26(24-8-3-10-25(31)17-24)20-35-30(36)32-27-18-33(13-4-9-22(27)12-14-33)19-28(34)29-11-5-15-37-29/h2-3,5-8,10-11,15-17,22,26-27H,4,9,12-14,18-20H2,1H3/p+1/t22?,26?,27-,33?/m0/s1. The highest BCUT2D eigenvalue weighted by molar-refractivity contribution is 7.80. The number of benzene rings is 2. The zero-order chi connectivity index (χ0) is 25.8. The molecule has 3 unspecified atom stereocenters. The average molecular weight is 538 g/mol. The molecule has 3 aliphatic heterocycles. The van der Waals surface area contributed by atoms with Crippen LogP contribution in [0.4, 0.5) is 4.39 Å². The van der Waals surface area contributed by atoms with Gasteiger partial charge >= 0.3 is 0 Å². The molecule has 7 heteroatoms. The Labute approximate surface area is 228 Å². The molecule has 2 bridgehead atoms. The molecule has 4 heterocycles. The van der Waals surface area contributed by atoms with Gasteiger partial charge in [0.25, 0.3) is 5.17 Å². The Bertz CT molecular complexity index is 1200. The molecule has 0 amide bonds. The lowest BCUT2D eigenvalue weighted by Crippen LogP contribution is -2.62. The number of rotatable bonds is 8. The topological polar surface area (TPSA) is 38.3 Å². The van der Waals surface area contributed by atoms with Gasteiger partial charge in [-0.2, -0.15) is 0 Å². The van der Waals surface area contributed by atoms with Crippen LogP contribution in [0.5, 0.6) is 0 Å². The fourth-order valence-electron chi connectivity index (χ4n) is 6.09. The predicted octanol–water partition coefficient (Wildman–Crippen LogP) is 6.10. The Morgan fingerprint density at radius 3 is 2.70 bits per heavy atom. The summed E-state index contributed by atoms with van der Waals surface area (Å²) < 4.78 is 21.0. The van der Waals surface area contributed by atoms with Crippen LogP contribution in [-0.4, -0.2) is 54.3 Å². The number of carbonyl (C=O) groups excluding carboxylic acids is 1. The van der Waals surface area contributed by atoms with Crippen LogP contribution < -0.4 is 5.32 Å². The monoisotopic (exact) mass is 537 g/mol. The molecular weight excluding hydrogens is 503 g/mol. The highest BCUT2D eigenvalue weighted by atomic mass is 32.1. The van der Waals surface area contributed by atoms with Crippen molar-refractivity contribution in [3.05, 3.63) is 93.4 Å². The molecule has 0 radical (unpaired) electrons. The van der Waals surface area contributed by atoms with E-state index in [1.807, 2.05) is 29.6 Å². The number of nitrogens with zero attached hydrogens (tertiary/aromatic N) is 1. The second-order valence-corrected chi connectivity index (χ2v) is 11.9. The Kier molecular flexibility index (Phi) is 8.03. The minimum atomic E-state index is -0.259. The first-order chi connectivity index (χ1) is 17.9. The maximum absolute atomic E-state index is 14.1. The zero-order valence-corrected chi connectivity index (χ0v) is 22.8. The van der Waals surface area contributed by atoms with Gasteiger partial charge in [-0.3, -0.25) is 4.79 Å². The number of aryl methyl sites for hydroxylation is 1. The zero-order valence-electron chi connectivity index (χ0n) is 21.2. The molecule has 1 N–H and O–H groups in total. The quantitative estimate of drug-likeness (QED) is 0.214. The Balaban J connectivity index is 1.26. The lowest BCUT2D eigenvalue weighted by Gasteiger charge is -2.44. The van der Waals surface area contributed by atoms with E-state index in [0.717, 1.165) is 64.9 Å². The van der Waals surface area contributed by atoms with E-state index in [1.54, 1.807) is 12.1 Å². The number of nitrogens with one attached hydrogen (secondary N) is 1. The maximum Gasteiger partial charge on any atom is 0.257 e. The number of thiophene rings is 1. The van der Waals surface area contributed by atoms with Crippen LogP contribution >= 0.6 is 23.6 Å². The van der Waals surface area contributed by atoms with Crippen LogP contribution in [0.1, 0.15) is 51.5 Å². The summed E-state index contributed by atoms with van der Waals surface area (Å²) in [5, 5.41) is 5.87. The van der Waals surface area contributed by atoms with E-state index in [4.69, 9.17) is 17.0 Å². The summed E-state index contributed by atoms with van der Waals surface area (Å²) >= 11 is 7.20. The van der Waals surface area contributed by atoms with Gasteiger partial charge in [-0.1, -0.05) is 48.0 Å². The number of Topliss-reactive ketones (excluding diaryl/α,β-unsaturated/α-hetero) is 1. The van der Waals surface area contributed by atoms with Gasteiger partial charge in [-0.15, -0.1) is 11.3 Å². The van der Waals surface area contributed by atoms with Crippen LogP contribution in [0.15, 0.2) is 66.0 Å². The summed E-state index contributed by atoms with van der Waals surface area (Å²) in [6.45, 7) is 5.89. The molecule has 3 saturated heterocycles. The van der Waals surface area contributed by atoms with Crippen molar-refractivity contribution in [3.8, 4) is 0 Å². The van der Waals surface area contributed by atoms with Crippen LogP contribution in [0.2, 0.25) is 0 Å². The van der Waals surface area contributed by atoms with Crippen LogP contribution in [0.3, 0.4) is 0 Å². The molecule has 4 atom stereocenters. The lowest BCUT2D eigenvalue weighted by molar-refractivity contribution is -0.924. The first kappa shape index (κ1) is 26.0. The van der Waals surface area contributed by atoms with Gasteiger partial charge in [0.2, 0.25) is 5.78 Å². The summed E-state index contributed by atoms with van der Waals surface area (Å²) in [4.78, 5) is 13.8. The van der Waals surface area contributed by atoms with Crippen molar-refractivity contribution >= 4 is 34.5 Å². The number of ketones is 1. The first-order valence-electron chi connectivity index (χ1n) is 13.1. The summed E-state index contributed by atoms with van der Waals surface area (Å²) in [5.74, 6) is 0.379. The van der Waals surface area contributed by atoms with Gasteiger partial charge in [0, 0.05) is 12.3 Å². The van der Waals surface area contributed by atoms with Gasteiger partial charge in [0.05, 0.1) is 30.6 Å². The van der Waals surface area contributed by atoms with Crippen LogP contribution in [0, 0.1) is 18.7 Å². The molecule has 0 saturated carbocycles. The molecule has 2 aromatic carbocycles. The third kappa shape index (κ3) is 6.28. The normalized spacial score (nSPS) is 23.7. The van der Waals surface area contributed by atoms with E-state index < -0.39 is 0 Å². The minimum Gasteiger partial charge on any atom is -0.470 e. The number of hydrogen-bond acceptors (Lipinski definition) is 4. The fourth-order valence-corrected chi connectivity index (χ4v) is 6.97. The lowest BCUT2D eigenvalue weighted by atomic mass is 9.89. The highest BCUT2D eigenvalue weighted by Gasteiger charge is 2.44. The molecule has 1 aromatic heterocycles. The van der Waals surface area contributed by atoms with E-state index in [1.165, 1.54) is 17.4 Å². The fraction of sp³-hybridized carbons (Fsp3) is 0.400. The second-order valence-electron chi connectivity index (χ2n) is 10.6. The van der Waals surface area contributed by atoms with Crippen LogP contribution in [-0.2, 0) is 4.74 Å². The molecule has 0 aliphatic carbocycles. The Morgan fingerprint density at radius 1 is 1.14 bits per heavy atom. The van der Waals surface area contributed by atoms with E-state index in [0.29, 0.717) is 24.2 Å². The smallest absolute Gasteiger partial charge is 0.257 e. The molecule has 194 valence electrons. The average Bonchev–Trinajstić information content (AvgIpc) is 3.28. The van der Waals surface area contributed by atoms with Gasteiger partial charge < -0.3 is 14.5 Å². The molecule has 6 rings (SSSR count). The van der Waals surface area contributed by atoms with Crippen molar-refractivity contribution in [2.24, 2.45) is 5.92 Å². The predicted molar refractivity (Wildman–Crippen MR) is 151 cm³/mol. The maximum atomic E-state index is 14.1. The molecule has 37 heavy (non-hydrogen) atoms. The summed E-state index contributed by atoms with van der Waals surface area (Å²) in [5.41, 5.74) is 3.09. The number of piperidine rings is 1. The van der Waals surface area contributed by atoms with Crippen molar-refractivity contribution in [1.29, 1.82) is 0 Å². The van der Waals surface area contributed by atoms with E-state index in [2.05, 4.69) is 30.4 Å². The summed E-state index contributed by atoms with van der Waals surface area (Å²) in [7, 11) is 0. The number of fused-ring (bicyclic) bond motifs is 4. The minimum absolute atomic E-state index is 0.133. The molecule has 4 nitrogen and oxygen atoms in total. The molecule has 3 aromatic rings. The molecular formula is C30H34FN2O2S2+. The van der Waals surface area contributed by atoms with E-state index in [9.17, 15) is 9.18 Å². The van der Waals surface area contributed by atoms with Gasteiger partial charge in [-0.05, 0) is 72.6 Å². The van der Waals surface area contributed by atoms with Crippen molar-refractivity contribution < 1.29 is 18.4 Å². The number of thiocarbonyl (C=S) groups is 1. The SMILES string of the molecule is Cc1cccc(C(COC(=S)N[C@H]2C[N+]3(CC(=O)c4cccs4)CCCC2CC3)c2cccc(F)c2)c1. The number of halogens is 1. The molecule has 0 spiro atoms. The third-order valence-corrected chi connectivity index (χ3v) is 9.14. The van der Waals surface area contributed by atoms with Gasteiger partial charge in [0.1, 0.15) is 19.0 Å². The largest absolute Gasteiger partial charge is 0.470 e. The number of quaternary nitrogens is 1. The third-order valence-electron chi connectivity index (χ3n) is 7.99. The van der Waals surface area contributed by atoms with Crippen molar-refractivity contribution in [2.45, 2.75) is 38.1 Å². The number of hydrogen-bond donors (Lipinski definition) is 1. The first-order valence-corrected chi connectivity index (χ1v) is 14.4. The Hall–Kier alpha value is -2.61. The van der Waals surface area contributed by atoms with Gasteiger partial charge in [-0.25, -0.2) is 4.39 Å². The Morgan fingerprint density at radius 2 is 1.95 bits per heavy atom. The van der Waals surface area contributed by atoms with Crippen molar-refractivity contribution in [1.82, 2.24) is 5.32 Å². The van der Waals surface area contributed by atoms with E-state index >= 15 is 0 Å². The van der Waals surface area contributed by atoms with Crippen molar-refractivity contribution in [2.75, 3.05) is 32.8 Å². The summed E-state index contributed by atoms with van der Waals surface area (Å²) in [6, 6.07) is 19.0. The van der Waals surface area contributed by atoms with Crippen LogP contribution in [0.25, 0.3) is 0 Å². The highest BCUT2D eigenvalue weighted by Crippen LogP contribution is 2.33. The number of ether oxygens (including phenoxy) is 1. The van der Waals surface area contributed by atoms with Gasteiger partial charge in [0.15, 0.2) is 0 Å². The molecule has 3 fully saturated rings. The van der Waals surface area contributed by atoms with Crippen molar-refractivity contribution in [3.63, 3.8) is 0 Å². The molecule has 3 aliphatic rings. The summed E-state index contributed by atoms with van der Waals surface area (Å²) in [6.07, 6.45) is 3.36. The number of carbonyl (C=O) groups is 1. The second kappa shape index (κ2) is 11.4.